The normalized spacial score (nSPS) is 22.1. The van der Waals surface area contributed by atoms with Gasteiger partial charge in [0.15, 0.2) is 17.3 Å². The number of benzene rings is 2. The zero-order valence-electron chi connectivity index (χ0n) is 15.3. The molecule has 0 radical (unpaired) electrons. The summed E-state index contributed by atoms with van der Waals surface area (Å²) in [5.74, 6) is 1.51. The van der Waals surface area contributed by atoms with Crippen molar-refractivity contribution in [3.8, 4) is 17.2 Å². The molecule has 2 aromatic rings. The van der Waals surface area contributed by atoms with Crippen LogP contribution in [-0.2, 0) is 4.79 Å². The van der Waals surface area contributed by atoms with Crippen LogP contribution in [0.3, 0.4) is 0 Å². The van der Waals surface area contributed by atoms with E-state index < -0.39 is 0 Å². The SMILES string of the molecule is CC1(C)CC(=O)C2=C(C1)Nc1cc3c(cc1[C@H]2c1cccc(O)c1)OCO3. The van der Waals surface area contributed by atoms with E-state index in [0.717, 1.165) is 34.5 Å². The molecule has 2 heterocycles. The van der Waals surface area contributed by atoms with Crippen molar-refractivity contribution in [2.75, 3.05) is 12.1 Å². The summed E-state index contributed by atoms with van der Waals surface area (Å²) < 4.78 is 11.1. The molecule has 0 spiro atoms. The van der Waals surface area contributed by atoms with Gasteiger partial charge in [-0.05, 0) is 41.2 Å². The third-order valence-corrected chi connectivity index (χ3v) is 5.55. The Hall–Kier alpha value is -2.95. The van der Waals surface area contributed by atoms with E-state index in [2.05, 4.69) is 19.2 Å². The number of Topliss-reactive ketones (excluding diaryl/α,β-unsaturated/α-hetero) is 1. The molecule has 0 unspecified atom stereocenters. The van der Waals surface area contributed by atoms with Crippen LogP contribution in [-0.4, -0.2) is 17.7 Å². The molecule has 0 bridgehead atoms. The molecule has 0 saturated carbocycles. The largest absolute Gasteiger partial charge is 0.508 e. The number of rotatable bonds is 1. The summed E-state index contributed by atoms with van der Waals surface area (Å²) in [6, 6.07) is 11.1. The minimum Gasteiger partial charge on any atom is -0.508 e. The van der Waals surface area contributed by atoms with Crippen molar-refractivity contribution >= 4 is 11.5 Å². The van der Waals surface area contributed by atoms with Crippen LogP contribution < -0.4 is 14.8 Å². The van der Waals surface area contributed by atoms with E-state index in [1.54, 1.807) is 12.1 Å². The van der Waals surface area contributed by atoms with Gasteiger partial charge in [0.1, 0.15) is 5.75 Å². The van der Waals surface area contributed by atoms with E-state index >= 15 is 0 Å². The number of hydrogen-bond donors (Lipinski definition) is 2. The number of allylic oxidation sites excluding steroid dienone is 2. The van der Waals surface area contributed by atoms with Crippen molar-refractivity contribution in [1.82, 2.24) is 0 Å². The van der Waals surface area contributed by atoms with Gasteiger partial charge in [-0.2, -0.15) is 0 Å². The van der Waals surface area contributed by atoms with Crippen LogP contribution in [0.4, 0.5) is 5.69 Å². The predicted molar refractivity (Wildman–Crippen MR) is 101 cm³/mol. The fourth-order valence-electron chi connectivity index (χ4n) is 4.45. The van der Waals surface area contributed by atoms with Crippen molar-refractivity contribution < 1.29 is 19.4 Å². The molecule has 0 amide bonds. The summed E-state index contributed by atoms with van der Waals surface area (Å²) in [5.41, 5.74) is 4.48. The molecule has 2 aliphatic heterocycles. The number of carbonyl (C=O) groups excluding carboxylic acids is 1. The molecule has 5 heteroatoms. The number of carbonyl (C=O) groups is 1. The predicted octanol–water partition coefficient (Wildman–Crippen LogP) is 4.32. The lowest BCUT2D eigenvalue weighted by Crippen LogP contribution is -2.33. The van der Waals surface area contributed by atoms with Gasteiger partial charge in [-0.25, -0.2) is 0 Å². The quantitative estimate of drug-likeness (QED) is 0.790. The number of ether oxygens (including phenoxy) is 2. The second kappa shape index (κ2) is 5.52. The maximum atomic E-state index is 13.1. The highest BCUT2D eigenvalue weighted by Crippen LogP contribution is 2.51. The summed E-state index contributed by atoms with van der Waals surface area (Å²) in [4.78, 5) is 13.1. The summed E-state index contributed by atoms with van der Waals surface area (Å²) in [6.45, 7) is 4.44. The lowest BCUT2D eigenvalue weighted by molar-refractivity contribution is -0.118. The summed E-state index contributed by atoms with van der Waals surface area (Å²) in [5, 5.41) is 13.5. The third kappa shape index (κ3) is 2.57. The average Bonchev–Trinajstić information content (AvgIpc) is 3.04. The number of fused-ring (bicyclic) bond motifs is 2. The van der Waals surface area contributed by atoms with Crippen LogP contribution in [0.15, 0.2) is 47.7 Å². The van der Waals surface area contributed by atoms with Crippen LogP contribution in [0.2, 0.25) is 0 Å². The highest BCUT2D eigenvalue weighted by Gasteiger charge is 2.41. The lowest BCUT2D eigenvalue weighted by atomic mass is 9.68. The number of nitrogens with one attached hydrogen (secondary N) is 1. The van der Waals surface area contributed by atoms with Gasteiger partial charge in [0.25, 0.3) is 0 Å². The first-order valence-electron chi connectivity index (χ1n) is 9.17. The van der Waals surface area contributed by atoms with E-state index in [-0.39, 0.29) is 29.7 Å². The first kappa shape index (κ1) is 16.2. The monoisotopic (exact) mass is 363 g/mol. The second-order valence-electron chi connectivity index (χ2n) is 8.28. The number of phenolic OH excluding ortho intramolecular Hbond substituents is 1. The van der Waals surface area contributed by atoms with Crippen molar-refractivity contribution in [1.29, 1.82) is 0 Å². The van der Waals surface area contributed by atoms with Gasteiger partial charge in [-0.15, -0.1) is 0 Å². The van der Waals surface area contributed by atoms with Gasteiger partial charge in [-0.1, -0.05) is 26.0 Å². The maximum absolute atomic E-state index is 13.1. The third-order valence-electron chi connectivity index (χ3n) is 5.55. The summed E-state index contributed by atoms with van der Waals surface area (Å²) in [6.07, 6.45) is 1.32. The molecular formula is C22H21NO4. The van der Waals surface area contributed by atoms with Gasteiger partial charge < -0.3 is 19.9 Å². The Morgan fingerprint density at radius 1 is 1.11 bits per heavy atom. The number of phenols is 1. The van der Waals surface area contributed by atoms with Crippen molar-refractivity contribution in [2.24, 2.45) is 5.41 Å². The molecule has 2 aromatic carbocycles. The van der Waals surface area contributed by atoms with Crippen LogP contribution in [0.1, 0.15) is 43.7 Å². The lowest BCUT2D eigenvalue weighted by Gasteiger charge is -2.39. The molecular weight excluding hydrogens is 342 g/mol. The Labute approximate surface area is 157 Å². The van der Waals surface area contributed by atoms with Crippen molar-refractivity contribution in [2.45, 2.75) is 32.6 Å². The second-order valence-corrected chi connectivity index (χ2v) is 8.28. The number of ketones is 1. The molecule has 138 valence electrons. The summed E-state index contributed by atoms with van der Waals surface area (Å²) >= 11 is 0. The van der Waals surface area contributed by atoms with Gasteiger partial charge in [-0.3, -0.25) is 4.79 Å². The highest BCUT2D eigenvalue weighted by molar-refractivity contribution is 6.01. The average molecular weight is 363 g/mol. The Kier molecular flexibility index (Phi) is 3.32. The smallest absolute Gasteiger partial charge is 0.231 e. The molecule has 0 saturated heterocycles. The van der Waals surface area contributed by atoms with Crippen LogP contribution in [0, 0.1) is 5.41 Å². The number of aromatic hydroxyl groups is 1. The first-order chi connectivity index (χ1) is 12.9. The van der Waals surface area contributed by atoms with Crippen molar-refractivity contribution in [3.05, 3.63) is 58.8 Å². The fourth-order valence-corrected chi connectivity index (χ4v) is 4.45. The van der Waals surface area contributed by atoms with E-state index in [4.69, 9.17) is 9.47 Å². The van der Waals surface area contributed by atoms with E-state index in [0.29, 0.717) is 17.9 Å². The van der Waals surface area contributed by atoms with Gasteiger partial charge in [0.05, 0.1) is 0 Å². The molecule has 1 atom stereocenters. The van der Waals surface area contributed by atoms with Crippen LogP contribution in [0.25, 0.3) is 0 Å². The van der Waals surface area contributed by atoms with Gasteiger partial charge in [0.2, 0.25) is 6.79 Å². The topological polar surface area (TPSA) is 67.8 Å². The number of anilines is 1. The van der Waals surface area contributed by atoms with Crippen LogP contribution in [0.5, 0.6) is 17.2 Å². The molecule has 5 rings (SSSR count). The van der Waals surface area contributed by atoms with Crippen molar-refractivity contribution in [3.63, 3.8) is 0 Å². The first-order valence-corrected chi connectivity index (χ1v) is 9.17. The van der Waals surface area contributed by atoms with Gasteiger partial charge >= 0.3 is 0 Å². The maximum Gasteiger partial charge on any atom is 0.231 e. The fraction of sp³-hybridized carbons (Fsp3) is 0.318. The molecule has 5 nitrogen and oxygen atoms in total. The molecule has 2 N–H and O–H groups in total. The highest BCUT2D eigenvalue weighted by atomic mass is 16.7. The molecule has 1 aliphatic carbocycles. The molecule has 0 fully saturated rings. The van der Waals surface area contributed by atoms with E-state index in [1.165, 1.54) is 0 Å². The van der Waals surface area contributed by atoms with E-state index in [1.807, 2.05) is 24.3 Å². The Bertz CT molecular complexity index is 1010. The number of hydrogen-bond acceptors (Lipinski definition) is 5. The molecule has 0 aromatic heterocycles. The Balaban J connectivity index is 1.74. The minimum atomic E-state index is -0.235. The zero-order chi connectivity index (χ0) is 18.8. The molecule has 27 heavy (non-hydrogen) atoms. The van der Waals surface area contributed by atoms with E-state index in [9.17, 15) is 9.90 Å². The summed E-state index contributed by atoms with van der Waals surface area (Å²) in [7, 11) is 0. The minimum absolute atomic E-state index is 0.0832. The van der Waals surface area contributed by atoms with Gasteiger partial charge in [0, 0.05) is 35.4 Å². The Morgan fingerprint density at radius 3 is 2.67 bits per heavy atom. The Morgan fingerprint density at radius 2 is 1.89 bits per heavy atom. The zero-order valence-corrected chi connectivity index (χ0v) is 15.3. The molecule has 3 aliphatic rings. The van der Waals surface area contributed by atoms with Crippen LogP contribution >= 0.6 is 0 Å². The standard InChI is InChI=1S/C22H21NO4/c1-22(2)9-16-21(17(25)10-22)20(12-4-3-5-13(24)6-12)14-7-18-19(27-11-26-18)8-15(14)23-16/h3-8,20,23-24H,9-11H2,1-2H3/t20-/m1/s1.